The molecule has 0 saturated carbocycles. The highest BCUT2D eigenvalue weighted by molar-refractivity contribution is 6.30. The molecule has 1 saturated heterocycles. The van der Waals surface area contributed by atoms with Gasteiger partial charge in [-0.25, -0.2) is 4.79 Å². The lowest BCUT2D eigenvalue weighted by Crippen LogP contribution is -2.59. The van der Waals surface area contributed by atoms with Gasteiger partial charge in [0.05, 0.1) is 12.5 Å². The number of carboxylic acids is 1. The maximum absolute atomic E-state index is 12.5. The van der Waals surface area contributed by atoms with Crippen molar-refractivity contribution < 1.29 is 24.2 Å². The first-order valence-corrected chi connectivity index (χ1v) is 8.22. The van der Waals surface area contributed by atoms with Crippen molar-refractivity contribution in [1.29, 1.82) is 0 Å². The molecule has 1 atom stereocenters. The number of benzene rings is 1. The zero-order chi connectivity index (χ0) is 18.8. The lowest BCUT2D eigenvalue weighted by molar-refractivity contribution is -0.139. The number of hydrogen-bond donors (Lipinski definition) is 1. The quantitative estimate of drug-likeness (QED) is 0.886. The van der Waals surface area contributed by atoms with Crippen LogP contribution >= 0.6 is 11.6 Å². The highest BCUT2D eigenvalue weighted by atomic mass is 35.5. The van der Waals surface area contributed by atoms with Gasteiger partial charge in [0.1, 0.15) is 12.1 Å². The Labute approximate surface area is 151 Å². The van der Waals surface area contributed by atoms with Gasteiger partial charge in [-0.15, -0.1) is 0 Å². The smallest absolute Gasteiger partial charge is 0.411 e. The van der Waals surface area contributed by atoms with Gasteiger partial charge in [0, 0.05) is 17.3 Å². The van der Waals surface area contributed by atoms with Gasteiger partial charge in [-0.1, -0.05) is 17.7 Å². The summed E-state index contributed by atoms with van der Waals surface area (Å²) in [7, 11) is 0. The Balaban J connectivity index is 2.25. The van der Waals surface area contributed by atoms with Crippen LogP contribution in [-0.4, -0.2) is 52.7 Å². The average Bonchev–Trinajstić information content (AvgIpc) is 2.46. The van der Waals surface area contributed by atoms with E-state index in [0.29, 0.717) is 10.7 Å². The van der Waals surface area contributed by atoms with E-state index in [4.69, 9.17) is 21.4 Å². The topological polar surface area (TPSA) is 87.2 Å². The monoisotopic (exact) mass is 368 g/mol. The Morgan fingerprint density at radius 2 is 2.04 bits per heavy atom. The molecule has 1 aromatic carbocycles. The third-order valence-corrected chi connectivity index (χ3v) is 3.83. The maximum atomic E-state index is 12.5. The second kappa shape index (κ2) is 7.31. The van der Waals surface area contributed by atoms with Crippen LogP contribution in [0.15, 0.2) is 24.3 Å². The Kier molecular flexibility index (Phi) is 5.57. The van der Waals surface area contributed by atoms with Gasteiger partial charge in [-0.3, -0.25) is 14.5 Å². The molecule has 0 radical (unpaired) electrons. The Hall–Kier alpha value is -2.28. The molecule has 2 amide bonds. The van der Waals surface area contributed by atoms with E-state index in [1.54, 1.807) is 45.0 Å². The number of halogens is 1. The predicted molar refractivity (Wildman–Crippen MR) is 92.8 cm³/mol. The van der Waals surface area contributed by atoms with Crippen molar-refractivity contribution in [2.75, 3.05) is 18.0 Å². The number of carbonyl (C=O) groups excluding carboxylic acids is 2. The number of piperazine rings is 1. The zero-order valence-electron chi connectivity index (χ0n) is 14.4. The Morgan fingerprint density at radius 3 is 2.60 bits per heavy atom. The molecule has 1 unspecified atom stereocenters. The fourth-order valence-corrected chi connectivity index (χ4v) is 2.76. The van der Waals surface area contributed by atoms with E-state index in [-0.39, 0.29) is 25.4 Å². The van der Waals surface area contributed by atoms with Crippen molar-refractivity contribution in [3.05, 3.63) is 29.3 Å². The summed E-state index contributed by atoms with van der Waals surface area (Å²) < 4.78 is 5.30. The van der Waals surface area contributed by atoms with Crippen LogP contribution in [0, 0.1) is 0 Å². The summed E-state index contributed by atoms with van der Waals surface area (Å²) in [5.41, 5.74) is -0.172. The third-order valence-electron chi connectivity index (χ3n) is 3.60. The van der Waals surface area contributed by atoms with Crippen molar-refractivity contribution in [3.8, 4) is 0 Å². The van der Waals surface area contributed by atoms with E-state index in [1.165, 1.54) is 9.80 Å². The second-order valence-electron chi connectivity index (χ2n) is 6.84. The molecule has 8 heteroatoms. The van der Waals surface area contributed by atoms with E-state index < -0.39 is 23.7 Å². The third kappa shape index (κ3) is 5.09. The number of ether oxygens (including phenoxy) is 1. The summed E-state index contributed by atoms with van der Waals surface area (Å²) in [6.07, 6.45) is -0.985. The lowest BCUT2D eigenvalue weighted by atomic mass is 10.1. The van der Waals surface area contributed by atoms with E-state index in [2.05, 4.69) is 0 Å². The van der Waals surface area contributed by atoms with E-state index in [9.17, 15) is 14.4 Å². The van der Waals surface area contributed by atoms with Crippen LogP contribution in [0.5, 0.6) is 0 Å². The molecule has 0 aromatic heterocycles. The van der Waals surface area contributed by atoms with Crippen molar-refractivity contribution in [2.24, 2.45) is 0 Å². The molecule has 7 nitrogen and oxygen atoms in total. The standard InChI is InChI=1S/C17H21ClN2O5/c1-17(2,3)25-16(24)20-10-14(21)19(9-13(20)8-15(22)23)12-6-4-5-11(18)7-12/h4-7,13H,8-10H2,1-3H3,(H,22,23). The van der Waals surface area contributed by atoms with Gasteiger partial charge in [0.25, 0.3) is 0 Å². The molecule has 25 heavy (non-hydrogen) atoms. The number of rotatable bonds is 3. The zero-order valence-corrected chi connectivity index (χ0v) is 15.1. The highest BCUT2D eigenvalue weighted by Gasteiger charge is 2.38. The van der Waals surface area contributed by atoms with Gasteiger partial charge >= 0.3 is 12.1 Å². The van der Waals surface area contributed by atoms with Crippen LogP contribution in [-0.2, 0) is 14.3 Å². The Bertz CT molecular complexity index is 686. The first-order chi connectivity index (χ1) is 11.6. The summed E-state index contributed by atoms with van der Waals surface area (Å²) >= 11 is 5.97. The van der Waals surface area contributed by atoms with Gasteiger partial charge < -0.3 is 14.7 Å². The van der Waals surface area contributed by atoms with Crippen LogP contribution in [0.1, 0.15) is 27.2 Å². The van der Waals surface area contributed by atoms with E-state index in [1.807, 2.05) is 0 Å². The summed E-state index contributed by atoms with van der Waals surface area (Å²) in [4.78, 5) is 38.7. The normalized spacial score (nSPS) is 18.2. The number of amides is 2. The van der Waals surface area contributed by atoms with Gasteiger partial charge in [0.15, 0.2) is 0 Å². The molecule has 0 aliphatic carbocycles. The molecule has 1 aliphatic rings. The molecule has 1 aliphatic heterocycles. The molecule has 1 heterocycles. The summed E-state index contributed by atoms with van der Waals surface area (Å²) in [6.45, 7) is 4.94. The van der Waals surface area contributed by atoms with Gasteiger partial charge in [-0.05, 0) is 39.0 Å². The SMILES string of the molecule is CC(C)(C)OC(=O)N1CC(=O)N(c2cccc(Cl)c2)CC1CC(=O)O. The van der Waals surface area contributed by atoms with Gasteiger partial charge in [-0.2, -0.15) is 0 Å². The van der Waals surface area contributed by atoms with Gasteiger partial charge in [0.2, 0.25) is 5.91 Å². The molecule has 136 valence electrons. The van der Waals surface area contributed by atoms with Crippen LogP contribution in [0.4, 0.5) is 10.5 Å². The van der Waals surface area contributed by atoms with Crippen molar-refractivity contribution in [3.63, 3.8) is 0 Å². The lowest BCUT2D eigenvalue weighted by Gasteiger charge is -2.40. The summed E-state index contributed by atoms with van der Waals surface area (Å²) in [6, 6.07) is 6.04. The van der Waals surface area contributed by atoms with Crippen molar-refractivity contribution in [2.45, 2.75) is 38.8 Å². The summed E-state index contributed by atoms with van der Waals surface area (Å²) in [5, 5.41) is 9.63. The van der Waals surface area contributed by atoms with E-state index in [0.717, 1.165) is 0 Å². The van der Waals surface area contributed by atoms with Crippen LogP contribution in [0.2, 0.25) is 5.02 Å². The molecule has 0 bridgehead atoms. The minimum absolute atomic E-state index is 0.0602. The molecular weight excluding hydrogens is 348 g/mol. The number of carbonyl (C=O) groups is 3. The molecule has 2 rings (SSSR count). The fourth-order valence-electron chi connectivity index (χ4n) is 2.58. The minimum atomic E-state index is -1.06. The maximum Gasteiger partial charge on any atom is 0.411 e. The molecule has 1 aromatic rings. The minimum Gasteiger partial charge on any atom is -0.481 e. The number of carboxylic acid groups (broad SMARTS) is 1. The molecule has 1 N–H and O–H groups in total. The number of aliphatic carboxylic acids is 1. The Morgan fingerprint density at radius 1 is 1.36 bits per heavy atom. The second-order valence-corrected chi connectivity index (χ2v) is 7.28. The first kappa shape index (κ1) is 19.1. The number of anilines is 1. The first-order valence-electron chi connectivity index (χ1n) is 7.84. The number of hydrogen-bond acceptors (Lipinski definition) is 4. The van der Waals surface area contributed by atoms with Crippen LogP contribution < -0.4 is 4.90 Å². The predicted octanol–water partition coefficient (Wildman–Crippen LogP) is 2.77. The fraction of sp³-hybridized carbons (Fsp3) is 0.471. The van der Waals surface area contributed by atoms with E-state index >= 15 is 0 Å². The van der Waals surface area contributed by atoms with Crippen LogP contribution in [0.25, 0.3) is 0 Å². The van der Waals surface area contributed by atoms with Crippen LogP contribution in [0.3, 0.4) is 0 Å². The average molecular weight is 369 g/mol. The summed E-state index contributed by atoms with van der Waals surface area (Å²) in [5.74, 6) is -1.38. The van der Waals surface area contributed by atoms with Crippen molar-refractivity contribution in [1.82, 2.24) is 4.90 Å². The van der Waals surface area contributed by atoms with Crippen molar-refractivity contribution >= 4 is 35.3 Å². The molecular formula is C17H21ClN2O5. The molecule has 1 fully saturated rings. The largest absolute Gasteiger partial charge is 0.481 e. The molecule has 0 spiro atoms. The highest BCUT2D eigenvalue weighted by Crippen LogP contribution is 2.25. The number of nitrogens with zero attached hydrogens (tertiary/aromatic N) is 2.